The molecule has 0 bridgehead atoms. The zero-order valence-corrected chi connectivity index (χ0v) is 22.2. The zero-order chi connectivity index (χ0) is 24.8. The third kappa shape index (κ3) is 6.57. The maximum Gasteiger partial charge on any atom is 0.254 e. The van der Waals surface area contributed by atoms with Gasteiger partial charge in [-0.25, -0.2) is 0 Å². The fraction of sp³-hybridized carbons (Fsp3) is 0.464. The van der Waals surface area contributed by atoms with Gasteiger partial charge >= 0.3 is 0 Å². The summed E-state index contributed by atoms with van der Waals surface area (Å²) in [5.41, 5.74) is 5.69. The van der Waals surface area contributed by atoms with Crippen molar-refractivity contribution in [2.45, 2.75) is 34.2 Å². The molecule has 3 rings (SSSR count). The van der Waals surface area contributed by atoms with Crippen LogP contribution in [0.1, 0.15) is 40.9 Å². The highest BCUT2D eigenvalue weighted by molar-refractivity contribution is 8.06. The van der Waals surface area contributed by atoms with Crippen molar-refractivity contribution in [3.8, 4) is 0 Å². The molecule has 1 aromatic carbocycles. The molecule has 2 saturated heterocycles. The first-order chi connectivity index (χ1) is 16.2. The number of hydrogen-bond donors (Lipinski definition) is 0. The van der Waals surface area contributed by atoms with Crippen molar-refractivity contribution in [2.75, 3.05) is 52.4 Å². The van der Waals surface area contributed by atoms with Gasteiger partial charge in [-0.3, -0.25) is 9.69 Å². The van der Waals surface area contributed by atoms with Gasteiger partial charge in [0, 0.05) is 70.2 Å². The van der Waals surface area contributed by atoms with E-state index in [1.54, 1.807) is 11.8 Å². The summed E-state index contributed by atoms with van der Waals surface area (Å²) >= 11 is 1.61. The van der Waals surface area contributed by atoms with Gasteiger partial charge in [0.2, 0.25) is 0 Å². The summed E-state index contributed by atoms with van der Waals surface area (Å²) in [5, 5.41) is 1.02. The number of rotatable bonds is 8. The Morgan fingerprint density at radius 2 is 1.50 bits per heavy atom. The van der Waals surface area contributed by atoms with Crippen LogP contribution in [0.25, 0.3) is 0 Å². The number of thioether (sulfide) groups is 1. The molecule has 2 fully saturated rings. The van der Waals surface area contributed by atoms with E-state index < -0.39 is 0 Å². The van der Waals surface area contributed by atoms with E-state index >= 15 is 0 Å². The lowest BCUT2D eigenvalue weighted by Gasteiger charge is -2.37. The van der Waals surface area contributed by atoms with Gasteiger partial charge in [0.15, 0.2) is 0 Å². The van der Waals surface area contributed by atoms with E-state index in [0.29, 0.717) is 0 Å². The normalized spacial score (nSPS) is 17.6. The standard InChI is InChI=1S/C28H40N4OS/c1-8-9-24(6)30-12-10-29(11-13-30)20-26-19-27(23(5)18-22(26)4)28(33)32-16-14-31(15-17-32)25(7)34-21(2)3/h8-9,18-19H,1-2,7,10-17,20H2,3-6H3/b24-9+. The molecule has 0 N–H and O–H groups in total. The lowest BCUT2D eigenvalue weighted by molar-refractivity contribution is 0.0675. The zero-order valence-electron chi connectivity index (χ0n) is 21.4. The number of nitrogens with zero attached hydrogens (tertiary/aromatic N) is 4. The highest BCUT2D eigenvalue weighted by Gasteiger charge is 2.25. The Morgan fingerprint density at radius 3 is 2.09 bits per heavy atom. The molecule has 2 aliphatic heterocycles. The Labute approximate surface area is 210 Å². The van der Waals surface area contributed by atoms with Crippen molar-refractivity contribution in [3.63, 3.8) is 0 Å². The Morgan fingerprint density at radius 1 is 0.912 bits per heavy atom. The summed E-state index contributed by atoms with van der Waals surface area (Å²) in [6.07, 6.45) is 3.93. The summed E-state index contributed by atoms with van der Waals surface area (Å²) in [4.78, 5) is 23.6. The van der Waals surface area contributed by atoms with Crippen LogP contribution in [-0.2, 0) is 6.54 Å². The smallest absolute Gasteiger partial charge is 0.254 e. The van der Waals surface area contributed by atoms with E-state index in [4.69, 9.17) is 0 Å². The van der Waals surface area contributed by atoms with Crippen LogP contribution in [0.2, 0.25) is 0 Å². The van der Waals surface area contributed by atoms with Crippen LogP contribution in [0.5, 0.6) is 0 Å². The third-order valence-corrected chi connectivity index (χ3v) is 7.59. The molecule has 1 aromatic rings. The fourth-order valence-electron chi connectivity index (χ4n) is 4.67. The molecule has 0 spiro atoms. The molecule has 0 aliphatic carbocycles. The molecule has 2 aliphatic rings. The second-order valence-electron chi connectivity index (χ2n) is 9.38. The van der Waals surface area contributed by atoms with E-state index in [9.17, 15) is 4.79 Å². The molecule has 0 unspecified atom stereocenters. The van der Waals surface area contributed by atoms with Gasteiger partial charge in [-0.15, -0.1) is 0 Å². The minimum Gasteiger partial charge on any atom is -0.372 e. The van der Waals surface area contributed by atoms with Crippen molar-refractivity contribution in [3.05, 3.63) is 81.9 Å². The van der Waals surface area contributed by atoms with Crippen LogP contribution < -0.4 is 0 Å². The maximum atomic E-state index is 13.4. The molecule has 2 heterocycles. The molecule has 1 amide bonds. The second-order valence-corrected chi connectivity index (χ2v) is 10.7. The van der Waals surface area contributed by atoms with Crippen LogP contribution in [0.15, 0.2) is 59.7 Å². The van der Waals surface area contributed by atoms with Crippen molar-refractivity contribution < 1.29 is 4.79 Å². The van der Waals surface area contributed by atoms with Gasteiger partial charge in [0.25, 0.3) is 5.91 Å². The Hall–Kier alpha value is -2.44. The van der Waals surface area contributed by atoms with Crippen molar-refractivity contribution in [1.82, 2.24) is 19.6 Å². The number of aryl methyl sites for hydroxylation is 2. The van der Waals surface area contributed by atoms with E-state index in [1.807, 2.05) is 17.9 Å². The van der Waals surface area contributed by atoms with Crippen LogP contribution >= 0.6 is 11.8 Å². The number of hydrogen-bond acceptors (Lipinski definition) is 5. The number of piperazine rings is 2. The average Bonchev–Trinajstić information content (AvgIpc) is 2.80. The largest absolute Gasteiger partial charge is 0.372 e. The first-order valence-corrected chi connectivity index (χ1v) is 12.9. The lowest BCUT2D eigenvalue weighted by Crippen LogP contribution is -2.48. The third-order valence-electron chi connectivity index (χ3n) is 6.75. The monoisotopic (exact) mass is 480 g/mol. The first-order valence-electron chi connectivity index (χ1n) is 12.1. The van der Waals surface area contributed by atoms with Crippen LogP contribution in [0.4, 0.5) is 0 Å². The predicted octanol–water partition coefficient (Wildman–Crippen LogP) is 5.01. The average molecular weight is 481 g/mol. The number of amides is 1. The van der Waals surface area contributed by atoms with Gasteiger partial charge in [-0.05, 0) is 61.4 Å². The van der Waals surface area contributed by atoms with Crippen LogP contribution in [0, 0.1) is 13.8 Å². The summed E-state index contributed by atoms with van der Waals surface area (Å²) < 4.78 is 0. The van der Waals surface area contributed by atoms with E-state index in [-0.39, 0.29) is 5.91 Å². The van der Waals surface area contributed by atoms with Gasteiger partial charge in [0.1, 0.15) is 0 Å². The first kappa shape index (κ1) is 26.2. The van der Waals surface area contributed by atoms with E-state index in [0.717, 1.165) is 80.0 Å². The Bertz CT molecular complexity index is 967. The molecule has 0 radical (unpaired) electrons. The molecule has 6 heteroatoms. The molecule has 5 nitrogen and oxygen atoms in total. The number of benzene rings is 1. The molecular formula is C28H40N4OS. The van der Waals surface area contributed by atoms with Gasteiger partial charge in [-0.1, -0.05) is 43.6 Å². The van der Waals surface area contributed by atoms with Gasteiger partial charge in [-0.2, -0.15) is 0 Å². The molecular weight excluding hydrogens is 440 g/mol. The Kier molecular flexibility index (Phi) is 9.09. The predicted molar refractivity (Wildman–Crippen MR) is 146 cm³/mol. The second kappa shape index (κ2) is 11.8. The Balaban J connectivity index is 1.63. The fourth-order valence-corrected chi connectivity index (χ4v) is 5.38. The van der Waals surface area contributed by atoms with Crippen LogP contribution in [0.3, 0.4) is 0 Å². The van der Waals surface area contributed by atoms with Gasteiger partial charge < -0.3 is 14.7 Å². The highest BCUT2D eigenvalue weighted by atomic mass is 32.2. The number of carbonyl (C=O) groups is 1. The van der Waals surface area contributed by atoms with E-state index in [2.05, 4.69) is 73.4 Å². The molecule has 0 atom stereocenters. The minimum absolute atomic E-state index is 0.145. The molecule has 0 aromatic heterocycles. The molecule has 184 valence electrons. The van der Waals surface area contributed by atoms with Crippen molar-refractivity contribution >= 4 is 17.7 Å². The lowest BCUT2D eigenvalue weighted by atomic mass is 9.98. The minimum atomic E-state index is 0.145. The highest BCUT2D eigenvalue weighted by Crippen LogP contribution is 2.27. The summed E-state index contributed by atoms with van der Waals surface area (Å²) in [6, 6.07) is 4.32. The van der Waals surface area contributed by atoms with Crippen molar-refractivity contribution in [1.29, 1.82) is 0 Å². The summed E-state index contributed by atoms with van der Waals surface area (Å²) in [5.74, 6) is 0.145. The molecule has 34 heavy (non-hydrogen) atoms. The summed E-state index contributed by atoms with van der Waals surface area (Å²) in [7, 11) is 0. The van der Waals surface area contributed by atoms with Crippen molar-refractivity contribution in [2.24, 2.45) is 0 Å². The van der Waals surface area contributed by atoms with E-state index in [1.165, 1.54) is 16.8 Å². The number of allylic oxidation sites excluding steroid dienone is 4. The quantitative estimate of drug-likeness (QED) is 0.488. The maximum absolute atomic E-state index is 13.4. The van der Waals surface area contributed by atoms with Crippen LogP contribution in [-0.4, -0.2) is 77.9 Å². The topological polar surface area (TPSA) is 30.0 Å². The number of carbonyl (C=O) groups excluding carboxylic acids is 1. The molecule has 0 saturated carbocycles. The SMILES string of the molecule is C=C/C=C(\C)N1CCN(Cc2cc(C(=O)N3CCN(C(=C)SC(=C)C)CC3)c(C)cc2C)CC1. The van der Waals surface area contributed by atoms with Gasteiger partial charge in [0.05, 0.1) is 5.03 Å². The summed E-state index contributed by atoms with van der Waals surface area (Å²) in [6.45, 7) is 28.3.